The third-order valence-electron chi connectivity index (χ3n) is 2.62. The van der Waals surface area contributed by atoms with Gasteiger partial charge in [0.1, 0.15) is 0 Å². The summed E-state index contributed by atoms with van der Waals surface area (Å²) in [7, 11) is 0. The third kappa shape index (κ3) is 7.03. The molecule has 1 heterocycles. The number of pyridine rings is 1. The van der Waals surface area contributed by atoms with Gasteiger partial charge in [-0.1, -0.05) is 13.0 Å². The lowest BCUT2D eigenvalue weighted by molar-refractivity contribution is -0.137. The SMILES string of the molecule is CC(CCC(=O)O)CNC(=O)NCc1ccccn1. The number of aliphatic carboxylic acids is 1. The van der Waals surface area contributed by atoms with Crippen LogP contribution in [0, 0.1) is 5.92 Å². The molecule has 0 aliphatic heterocycles. The number of urea groups is 1. The van der Waals surface area contributed by atoms with Gasteiger partial charge in [0.25, 0.3) is 0 Å². The quantitative estimate of drug-likeness (QED) is 0.694. The number of carbonyl (C=O) groups is 2. The normalized spacial score (nSPS) is 11.6. The highest BCUT2D eigenvalue weighted by Gasteiger charge is 2.07. The summed E-state index contributed by atoms with van der Waals surface area (Å²) < 4.78 is 0. The van der Waals surface area contributed by atoms with Crippen LogP contribution >= 0.6 is 0 Å². The number of nitrogens with zero attached hydrogens (tertiary/aromatic N) is 1. The average molecular weight is 265 g/mol. The molecule has 19 heavy (non-hydrogen) atoms. The van der Waals surface area contributed by atoms with Crippen molar-refractivity contribution in [2.75, 3.05) is 6.54 Å². The fourth-order valence-corrected chi connectivity index (χ4v) is 1.47. The minimum Gasteiger partial charge on any atom is -0.481 e. The predicted molar refractivity (Wildman–Crippen MR) is 70.5 cm³/mol. The van der Waals surface area contributed by atoms with Gasteiger partial charge in [0.15, 0.2) is 0 Å². The van der Waals surface area contributed by atoms with Crippen molar-refractivity contribution in [1.82, 2.24) is 15.6 Å². The number of carboxylic acids is 1. The van der Waals surface area contributed by atoms with Gasteiger partial charge in [0.05, 0.1) is 12.2 Å². The summed E-state index contributed by atoms with van der Waals surface area (Å²) in [5, 5.41) is 13.9. The van der Waals surface area contributed by atoms with Crippen LogP contribution in [0.4, 0.5) is 4.79 Å². The molecule has 1 aromatic rings. The van der Waals surface area contributed by atoms with Crippen molar-refractivity contribution in [3.05, 3.63) is 30.1 Å². The van der Waals surface area contributed by atoms with Crippen molar-refractivity contribution in [2.45, 2.75) is 26.3 Å². The lowest BCUT2D eigenvalue weighted by Gasteiger charge is -2.12. The fourth-order valence-electron chi connectivity index (χ4n) is 1.47. The maximum Gasteiger partial charge on any atom is 0.315 e. The van der Waals surface area contributed by atoms with Crippen molar-refractivity contribution in [3.63, 3.8) is 0 Å². The van der Waals surface area contributed by atoms with E-state index < -0.39 is 5.97 Å². The number of nitrogens with one attached hydrogen (secondary N) is 2. The van der Waals surface area contributed by atoms with E-state index in [1.807, 2.05) is 25.1 Å². The number of hydrogen-bond donors (Lipinski definition) is 3. The second kappa shape index (κ2) is 8.07. The number of carboxylic acid groups (broad SMARTS) is 1. The molecule has 0 fully saturated rings. The maximum absolute atomic E-state index is 11.5. The molecular weight excluding hydrogens is 246 g/mol. The Bertz CT molecular complexity index is 409. The molecule has 0 saturated carbocycles. The Labute approximate surface area is 112 Å². The van der Waals surface area contributed by atoms with E-state index in [1.54, 1.807) is 6.20 Å². The molecular formula is C13H19N3O3. The lowest BCUT2D eigenvalue weighted by atomic mass is 10.1. The van der Waals surface area contributed by atoms with Gasteiger partial charge in [-0.3, -0.25) is 9.78 Å². The molecule has 1 atom stereocenters. The fraction of sp³-hybridized carbons (Fsp3) is 0.462. The first-order valence-electron chi connectivity index (χ1n) is 6.21. The highest BCUT2D eigenvalue weighted by molar-refractivity contribution is 5.73. The Hall–Kier alpha value is -2.11. The van der Waals surface area contributed by atoms with Gasteiger partial charge in [-0.2, -0.15) is 0 Å². The Morgan fingerprint density at radius 3 is 2.79 bits per heavy atom. The van der Waals surface area contributed by atoms with Crippen LogP contribution in [-0.2, 0) is 11.3 Å². The number of amides is 2. The summed E-state index contributed by atoms with van der Waals surface area (Å²) in [6.45, 7) is 2.74. The molecule has 1 aromatic heterocycles. The van der Waals surface area contributed by atoms with Crippen molar-refractivity contribution in [2.24, 2.45) is 5.92 Å². The molecule has 104 valence electrons. The average Bonchev–Trinajstić information content (AvgIpc) is 2.41. The zero-order valence-electron chi connectivity index (χ0n) is 10.9. The van der Waals surface area contributed by atoms with Crippen molar-refractivity contribution < 1.29 is 14.7 Å². The van der Waals surface area contributed by atoms with Crippen LogP contribution in [0.3, 0.4) is 0 Å². The standard InChI is InChI=1S/C13H19N3O3/c1-10(5-6-12(17)18)8-15-13(19)16-9-11-4-2-3-7-14-11/h2-4,7,10H,5-6,8-9H2,1H3,(H,17,18)(H2,15,16,19). The Morgan fingerprint density at radius 1 is 1.37 bits per heavy atom. The van der Waals surface area contributed by atoms with Gasteiger partial charge in [0.2, 0.25) is 0 Å². The number of rotatable bonds is 7. The van der Waals surface area contributed by atoms with Crippen molar-refractivity contribution >= 4 is 12.0 Å². The highest BCUT2D eigenvalue weighted by atomic mass is 16.4. The Kier molecular flexibility index (Phi) is 6.35. The number of carbonyl (C=O) groups excluding carboxylic acids is 1. The molecule has 1 unspecified atom stereocenters. The summed E-state index contributed by atoms with van der Waals surface area (Å²) >= 11 is 0. The van der Waals surface area contributed by atoms with Crippen LogP contribution in [0.15, 0.2) is 24.4 Å². The molecule has 0 saturated heterocycles. The molecule has 6 nitrogen and oxygen atoms in total. The Balaban J connectivity index is 2.16. The highest BCUT2D eigenvalue weighted by Crippen LogP contribution is 2.03. The largest absolute Gasteiger partial charge is 0.481 e. The van der Waals surface area contributed by atoms with Crippen LogP contribution in [0.5, 0.6) is 0 Å². The van der Waals surface area contributed by atoms with Gasteiger partial charge >= 0.3 is 12.0 Å². The van der Waals surface area contributed by atoms with Gasteiger partial charge in [-0.25, -0.2) is 4.79 Å². The van der Waals surface area contributed by atoms with Crippen LogP contribution in [-0.4, -0.2) is 28.6 Å². The van der Waals surface area contributed by atoms with Crippen LogP contribution in [0.25, 0.3) is 0 Å². The minimum absolute atomic E-state index is 0.123. The molecule has 1 rings (SSSR count). The minimum atomic E-state index is -0.813. The van der Waals surface area contributed by atoms with Gasteiger partial charge in [0, 0.05) is 19.2 Å². The van der Waals surface area contributed by atoms with E-state index in [9.17, 15) is 9.59 Å². The first kappa shape index (κ1) is 14.9. The van der Waals surface area contributed by atoms with Crippen LogP contribution < -0.4 is 10.6 Å². The summed E-state index contributed by atoms with van der Waals surface area (Å²) in [6.07, 6.45) is 2.34. The molecule has 0 radical (unpaired) electrons. The van der Waals surface area contributed by atoms with Crippen LogP contribution in [0.2, 0.25) is 0 Å². The first-order valence-corrected chi connectivity index (χ1v) is 6.21. The predicted octanol–water partition coefficient (Wildman–Crippen LogP) is 1.38. The monoisotopic (exact) mass is 265 g/mol. The molecule has 0 aliphatic carbocycles. The summed E-state index contributed by atoms with van der Waals surface area (Å²) in [6, 6.07) is 5.23. The van der Waals surface area contributed by atoms with Crippen LogP contribution in [0.1, 0.15) is 25.5 Å². The third-order valence-corrected chi connectivity index (χ3v) is 2.62. The van der Waals surface area contributed by atoms with E-state index in [-0.39, 0.29) is 18.4 Å². The molecule has 0 bridgehead atoms. The molecule has 0 aliphatic rings. The van der Waals surface area contributed by atoms with E-state index in [4.69, 9.17) is 5.11 Å². The lowest BCUT2D eigenvalue weighted by Crippen LogP contribution is -2.37. The second-order valence-corrected chi connectivity index (χ2v) is 4.42. The zero-order chi connectivity index (χ0) is 14.1. The molecule has 2 amide bonds. The maximum atomic E-state index is 11.5. The molecule has 6 heteroatoms. The summed E-state index contributed by atoms with van der Waals surface area (Å²) in [5.74, 6) is -0.678. The first-order chi connectivity index (χ1) is 9.08. The van der Waals surface area contributed by atoms with E-state index in [2.05, 4.69) is 15.6 Å². The topological polar surface area (TPSA) is 91.3 Å². The van der Waals surface area contributed by atoms with Gasteiger partial charge in [-0.15, -0.1) is 0 Å². The summed E-state index contributed by atoms with van der Waals surface area (Å²) in [5.41, 5.74) is 0.788. The van der Waals surface area contributed by atoms with Gasteiger partial charge < -0.3 is 15.7 Å². The zero-order valence-corrected chi connectivity index (χ0v) is 10.9. The Morgan fingerprint density at radius 2 is 2.16 bits per heavy atom. The molecule has 0 spiro atoms. The van der Waals surface area contributed by atoms with E-state index >= 15 is 0 Å². The number of hydrogen-bond acceptors (Lipinski definition) is 3. The van der Waals surface area contributed by atoms with Crippen molar-refractivity contribution in [3.8, 4) is 0 Å². The van der Waals surface area contributed by atoms with E-state index in [0.29, 0.717) is 19.5 Å². The smallest absolute Gasteiger partial charge is 0.315 e. The molecule has 0 aromatic carbocycles. The van der Waals surface area contributed by atoms with E-state index in [0.717, 1.165) is 5.69 Å². The number of aromatic nitrogens is 1. The summed E-state index contributed by atoms with van der Waals surface area (Å²) in [4.78, 5) is 26.0. The molecule has 3 N–H and O–H groups in total. The second-order valence-electron chi connectivity index (χ2n) is 4.42. The van der Waals surface area contributed by atoms with Gasteiger partial charge in [-0.05, 0) is 24.5 Å². The van der Waals surface area contributed by atoms with Crippen molar-refractivity contribution in [1.29, 1.82) is 0 Å². The van der Waals surface area contributed by atoms with E-state index in [1.165, 1.54) is 0 Å².